The molecule has 0 aliphatic heterocycles. The molecule has 2 aromatic heterocycles. The number of nitrogens with zero attached hydrogens (tertiary/aromatic N) is 1. The van der Waals surface area contributed by atoms with Gasteiger partial charge in [0, 0.05) is 49.8 Å². The third kappa shape index (κ3) is 4.00. The first-order valence-electron chi connectivity index (χ1n) is 15.9. The van der Waals surface area contributed by atoms with E-state index in [2.05, 4.69) is 144 Å². The SMILES string of the molecule is c1ccc2c(-c3ccc(N(c4ccc5c(c4)oc4ccccc45)c4cc5c6ccccc6oc5c5ccccc45)cc3)cccc2c1. The molecule has 220 valence electrons. The van der Waals surface area contributed by atoms with Crippen molar-refractivity contribution in [3.05, 3.63) is 164 Å². The summed E-state index contributed by atoms with van der Waals surface area (Å²) in [4.78, 5) is 2.35. The van der Waals surface area contributed by atoms with Gasteiger partial charge in [0.1, 0.15) is 22.3 Å². The van der Waals surface area contributed by atoms with Crippen LogP contribution in [-0.2, 0) is 0 Å². The van der Waals surface area contributed by atoms with Gasteiger partial charge < -0.3 is 13.7 Å². The van der Waals surface area contributed by atoms with Gasteiger partial charge in [-0.2, -0.15) is 0 Å². The monoisotopic (exact) mass is 601 g/mol. The van der Waals surface area contributed by atoms with Crippen LogP contribution in [0.15, 0.2) is 173 Å². The maximum absolute atomic E-state index is 6.47. The fraction of sp³-hybridized carbons (Fsp3) is 0. The predicted octanol–water partition coefficient (Wildman–Crippen LogP) is 12.9. The topological polar surface area (TPSA) is 29.5 Å². The molecule has 0 aliphatic rings. The summed E-state index contributed by atoms with van der Waals surface area (Å²) in [6.07, 6.45) is 0. The molecule has 0 radical (unpaired) electrons. The molecule has 0 spiro atoms. The van der Waals surface area contributed by atoms with Crippen LogP contribution in [0.1, 0.15) is 0 Å². The average molecular weight is 602 g/mol. The fourth-order valence-electron chi connectivity index (χ4n) is 7.26. The van der Waals surface area contributed by atoms with Crippen molar-refractivity contribution in [2.45, 2.75) is 0 Å². The van der Waals surface area contributed by atoms with E-state index in [9.17, 15) is 0 Å². The molecule has 0 amide bonds. The van der Waals surface area contributed by atoms with E-state index in [-0.39, 0.29) is 0 Å². The van der Waals surface area contributed by atoms with Gasteiger partial charge in [-0.25, -0.2) is 0 Å². The Morgan fingerprint density at radius 2 is 0.957 bits per heavy atom. The van der Waals surface area contributed by atoms with Crippen molar-refractivity contribution in [3.63, 3.8) is 0 Å². The van der Waals surface area contributed by atoms with Crippen molar-refractivity contribution in [2.24, 2.45) is 0 Å². The highest BCUT2D eigenvalue weighted by Crippen LogP contribution is 2.46. The predicted molar refractivity (Wildman–Crippen MR) is 196 cm³/mol. The summed E-state index contributed by atoms with van der Waals surface area (Å²) in [5.41, 5.74) is 9.11. The molecule has 0 aliphatic carbocycles. The van der Waals surface area contributed by atoms with E-state index in [0.717, 1.165) is 71.7 Å². The quantitative estimate of drug-likeness (QED) is 0.201. The minimum absolute atomic E-state index is 0.861. The van der Waals surface area contributed by atoms with E-state index in [4.69, 9.17) is 8.83 Å². The highest BCUT2D eigenvalue weighted by Gasteiger charge is 2.21. The summed E-state index contributed by atoms with van der Waals surface area (Å²) >= 11 is 0. The molecule has 3 heteroatoms. The van der Waals surface area contributed by atoms with Gasteiger partial charge in [0.05, 0.1) is 5.69 Å². The zero-order chi connectivity index (χ0) is 30.9. The fourth-order valence-corrected chi connectivity index (χ4v) is 7.26. The maximum Gasteiger partial charge on any atom is 0.143 e. The smallest absolute Gasteiger partial charge is 0.143 e. The molecule has 0 atom stereocenters. The molecule has 0 saturated carbocycles. The molecule has 2 heterocycles. The highest BCUT2D eigenvalue weighted by molar-refractivity contribution is 6.20. The number of fused-ring (bicyclic) bond motifs is 9. The number of anilines is 3. The van der Waals surface area contributed by atoms with Crippen LogP contribution in [0.2, 0.25) is 0 Å². The lowest BCUT2D eigenvalue weighted by molar-refractivity contribution is 0.669. The summed E-state index contributed by atoms with van der Waals surface area (Å²) in [6.45, 7) is 0. The maximum atomic E-state index is 6.47. The van der Waals surface area contributed by atoms with Gasteiger partial charge >= 0.3 is 0 Å². The molecule has 10 rings (SSSR count). The van der Waals surface area contributed by atoms with Crippen LogP contribution < -0.4 is 4.90 Å². The number of hydrogen-bond acceptors (Lipinski definition) is 3. The molecule has 3 nitrogen and oxygen atoms in total. The van der Waals surface area contributed by atoms with Crippen molar-refractivity contribution in [1.29, 1.82) is 0 Å². The summed E-state index contributed by atoms with van der Waals surface area (Å²) < 4.78 is 12.9. The largest absolute Gasteiger partial charge is 0.456 e. The lowest BCUT2D eigenvalue weighted by Crippen LogP contribution is -2.10. The minimum atomic E-state index is 0.861. The molecule has 10 aromatic rings. The number of para-hydroxylation sites is 2. The third-order valence-corrected chi connectivity index (χ3v) is 9.45. The normalized spacial score (nSPS) is 11.8. The first-order valence-corrected chi connectivity index (χ1v) is 15.9. The van der Waals surface area contributed by atoms with E-state index in [1.807, 2.05) is 24.3 Å². The molecule has 0 bridgehead atoms. The first-order chi connectivity index (χ1) is 23.3. The zero-order valence-corrected chi connectivity index (χ0v) is 25.4. The second kappa shape index (κ2) is 10.1. The average Bonchev–Trinajstić information content (AvgIpc) is 3.70. The van der Waals surface area contributed by atoms with Gasteiger partial charge in [-0.15, -0.1) is 0 Å². The van der Waals surface area contributed by atoms with Gasteiger partial charge in [-0.3, -0.25) is 0 Å². The van der Waals surface area contributed by atoms with Crippen molar-refractivity contribution < 1.29 is 8.83 Å². The van der Waals surface area contributed by atoms with Gasteiger partial charge in [0.2, 0.25) is 0 Å². The van der Waals surface area contributed by atoms with Crippen LogP contribution in [-0.4, -0.2) is 0 Å². The zero-order valence-electron chi connectivity index (χ0n) is 25.4. The van der Waals surface area contributed by atoms with E-state index in [1.54, 1.807) is 0 Å². The van der Waals surface area contributed by atoms with Crippen LogP contribution in [0, 0.1) is 0 Å². The molecule has 0 N–H and O–H groups in total. The van der Waals surface area contributed by atoms with Gasteiger partial charge in [-0.1, -0.05) is 115 Å². The van der Waals surface area contributed by atoms with Crippen LogP contribution >= 0.6 is 0 Å². The highest BCUT2D eigenvalue weighted by atomic mass is 16.3. The van der Waals surface area contributed by atoms with Crippen LogP contribution in [0.3, 0.4) is 0 Å². The van der Waals surface area contributed by atoms with Gasteiger partial charge in [-0.05, 0) is 64.4 Å². The van der Waals surface area contributed by atoms with E-state index in [0.29, 0.717) is 0 Å². The third-order valence-electron chi connectivity index (χ3n) is 9.45. The summed E-state index contributed by atoms with van der Waals surface area (Å²) in [5, 5.41) is 9.11. The Hall–Kier alpha value is -6.32. The number of furan rings is 2. The Balaban J connectivity index is 1.23. The van der Waals surface area contributed by atoms with Gasteiger partial charge in [0.15, 0.2) is 0 Å². The molecule has 47 heavy (non-hydrogen) atoms. The Morgan fingerprint density at radius 3 is 1.77 bits per heavy atom. The summed E-state index contributed by atoms with van der Waals surface area (Å²) in [7, 11) is 0. The molecular formula is C44H27NO2. The number of benzene rings is 8. The number of hydrogen-bond donors (Lipinski definition) is 0. The van der Waals surface area contributed by atoms with Crippen LogP contribution in [0.4, 0.5) is 17.1 Å². The number of rotatable bonds is 4. The Bertz CT molecular complexity index is 2800. The summed E-state index contributed by atoms with van der Waals surface area (Å²) in [5.74, 6) is 0. The van der Waals surface area contributed by atoms with Gasteiger partial charge in [0.25, 0.3) is 0 Å². The molecular weight excluding hydrogens is 574 g/mol. The lowest BCUT2D eigenvalue weighted by Gasteiger charge is -2.27. The second-order valence-electron chi connectivity index (χ2n) is 12.1. The Morgan fingerprint density at radius 1 is 0.362 bits per heavy atom. The van der Waals surface area contributed by atoms with Crippen molar-refractivity contribution in [3.8, 4) is 11.1 Å². The first kappa shape index (κ1) is 26.0. The van der Waals surface area contributed by atoms with Crippen LogP contribution in [0.25, 0.3) is 76.5 Å². The van der Waals surface area contributed by atoms with E-state index in [1.165, 1.54) is 21.9 Å². The standard InChI is InChI=1S/C44H27NO2/c1-2-12-32-28(10-1)11-9-17-33(32)29-20-22-30(23-21-29)45(31-24-25-37-35-14-5-7-18-41(35)46-43(37)26-31)40-27-39-36-15-6-8-19-42(36)47-44(39)38-16-4-3-13-34(38)40/h1-27H. The second-order valence-corrected chi connectivity index (χ2v) is 12.1. The Labute approximate surface area is 270 Å². The summed E-state index contributed by atoms with van der Waals surface area (Å²) in [6, 6.07) is 57.9. The molecule has 0 fully saturated rings. The minimum Gasteiger partial charge on any atom is -0.456 e. The van der Waals surface area contributed by atoms with Crippen LogP contribution in [0.5, 0.6) is 0 Å². The van der Waals surface area contributed by atoms with Crippen molar-refractivity contribution in [2.75, 3.05) is 4.90 Å². The lowest BCUT2D eigenvalue weighted by atomic mass is 9.97. The molecule has 8 aromatic carbocycles. The van der Waals surface area contributed by atoms with Crippen molar-refractivity contribution >= 4 is 82.5 Å². The Kier molecular flexibility index (Phi) is 5.57. The van der Waals surface area contributed by atoms with E-state index >= 15 is 0 Å². The van der Waals surface area contributed by atoms with Crippen molar-refractivity contribution in [1.82, 2.24) is 0 Å². The van der Waals surface area contributed by atoms with E-state index < -0.39 is 0 Å². The molecule has 0 saturated heterocycles. The molecule has 0 unspecified atom stereocenters.